The smallest absolute Gasteiger partial charge is 0.383 e. The van der Waals surface area contributed by atoms with Crippen molar-refractivity contribution in [1.82, 2.24) is 0 Å². The Labute approximate surface area is 212 Å². The van der Waals surface area contributed by atoms with Gasteiger partial charge in [0.1, 0.15) is 5.75 Å². The highest BCUT2D eigenvalue weighted by molar-refractivity contribution is 6.79. The lowest BCUT2D eigenvalue weighted by Crippen LogP contribution is -2.50. The van der Waals surface area contributed by atoms with Crippen LogP contribution in [0.4, 0.5) is 0 Å². The van der Waals surface area contributed by atoms with Crippen molar-refractivity contribution in [3.8, 4) is 5.75 Å². The third kappa shape index (κ3) is 17.7. The average molecular weight is 515 g/mol. The molecule has 1 rings (SSSR count). The summed E-state index contributed by atoms with van der Waals surface area (Å²) in [5.41, 5.74) is 0. The van der Waals surface area contributed by atoms with Gasteiger partial charge in [-0.15, -0.1) is 0 Å². The maximum Gasteiger partial charge on any atom is 0.383 e. The molecule has 0 saturated carbocycles. The van der Waals surface area contributed by atoms with Crippen molar-refractivity contribution in [2.45, 2.75) is 129 Å². The van der Waals surface area contributed by atoms with Crippen molar-refractivity contribution in [1.29, 1.82) is 0 Å². The van der Waals surface area contributed by atoms with Crippen LogP contribution in [0.5, 0.6) is 5.75 Å². The number of rotatable bonds is 21. The number of hydrogen-bond donors (Lipinski definition) is 0. The third-order valence-corrected chi connectivity index (χ3v) is 11.6. The molecule has 6 heteroatoms. The summed E-state index contributed by atoms with van der Waals surface area (Å²) in [5, 5.41) is 0.679. The fourth-order valence-electron chi connectivity index (χ4n) is 4.25. The molecule has 0 aromatic heterocycles. The number of unbranched alkanes of at least 4 members (excludes halogenated alkanes) is 14. The zero-order valence-corrected chi connectivity index (χ0v) is 25.0. The summed E-state index contributed by atoms with van der Waals surface area (Å²) in [6.07, 6.45) is 20.7. The second-order valence-corrected chi connectivity index (χ2v) is 17.6. The Morgan fingerprint density at radius 2 is 1.15 bits per heavy atom. The van der Waals surface area contributed by atoms with Crippen LogP contribution in [-0.4, -0.2) is 23.7 Å². The zero-order valence-electron chi connectivity index (χ0n) is 22.2. The normalized spacial score (nSPS) is 12.3. The largest absolute Gasteiger partial charge is 0.521 e. The van der Waals surface area contributed by atoms with Crippen molar-refractivity contribution in [2.24, 2.45) is 0 Å². The van der Waals surface area contributed by atoms with Gasteiger partial charge in [-0.05, 0) is 50.8 Å². The minimum atomic E-state index is -2.34. The second-order valence-electron chi connectivity index (χ2n) is 10.3. The van der Waals surface area contributed by atoms with Crippen LogP contribution >= 0.6 is 11.6 Å². The van der Waals surface area contributed by atoms with E-state index in [1.807, 2.05) is 24.3 Å². The van der Waals surface area contributed by atoms with E-state index in [9.17, 15) is 0 Å². The van der Waals surface area contributed by atoms with Gasteiger partial charge in [0.05, 0.1) is 0 Å². The van der Waals surface area contributed by atoms with Crippen LogP contribution in [-0.2, 0) is 8.54 Å². The molecule has 0 aliphatic carbocycles. The van der Waals surface area contributed by atoms with E-state index in [4.69, 9.17) is 24.6 Å². The summed E-state index contributed by atoms with van der Waals surface area (Å²) < 4.78 is 18.7. The lowest BCUT2D eigenvalue weighted by Gasteiger charge is -2.33. The van der Waals surface area contributed by atoms with E-state index in [1.165, 1.54) is 89.9 Å². The standard InChI is InChI=1S/C27H51ClO3Si2/c1-6-7-8-9-10-11-12-13-14-15-16-17-18-19-20-24-29-32(2,3)31-33(4,5)30-27-23-21-22-26(28)25-27/h21-23,25H,6-20,24H2,1-5H3. The molecule has 0 spiro atoms. The zero-order chi connectivity index (χ0) is 24.4. The Kier molecular flexibility index (Phi) is 16.7. The Hall–Kier alpha value is -0.336. The molecule has 0 saturated heterocycles. The van der Waals surface area contributed by atoms with Crippen molar-refractivity contribution < 1.29 is 13.0 Å². The van der Waals surface area contributed by atoms with Gasteiger partial charge in [0.2, 0.25) is 0 Å². The monoisotopic (exact) mass is 514 g/mol. The van der Waals surface area contributed by atoms with Crippen molar-refractivity contribution in [3.05, 3.63) is 29.3 Å². The van der Waals surface area contributed by atoms with Crippen LogP contribution in [0.25, 0.3) is 0 Å². The second kappa shape index (κ2) is 18.0. The molecular formula is C27H51ClO3Si2. The van der Waals surface area contributed by atoms with Crippen LogP contribution in [0.15, 0.2) is 24.3 Å². The fourth-order valence-corrected chi connectivity index (χ4v) is 10.9. The molecule has 0 aliphatic heterocycles. The molecule has 0 heterocycles. The lowest BCUT2D eigenvalue weighted by molar-refractivity contribution is 0.225. The molecule has 0 amide bonds. The van der Waals surface area contributed by atoms with Gasteiger partial charge in [-0.3, -0.25) is 0 Å². The summed E-state index contributed by atoms with van der Waals surface area (Å²) in [5.74, 6) is 0.770. The molecule has 1 aromatic rings. The summed E-state index contributed by atoms with van der Waals surface area (Å²) in [4.78, 5) is 0. The molecule has 192 valence electrons. The number of benzene rings is 1. The predicted molar refractivity (Wildman–Crippen MR) is 149 cm³/mol. The van der Waals surface area contributed by atoms with E-state index in [1.54, 1.807) is 0 Å². The number of halogens is 1. The minimum Gasteiger partial charge on any atom is -0.521 e. The first-order valence-corrected chi connectivity index (χ1v) is 19.5. The van der Waals surface area contributed by atoms with Gasteiger partial charge < -0.3 is 13.0 Å². The first-order chi connectivity index (χ1) is 15.7. The maximum atomic E-state index is 6.38. The van der Waals surface area contributed by atoms with E-state index < -0.39 is 17.1 Å². The van der Waals surface area contributed by atoms with E-state index in [2.05, 4.69) is 33.1 Å². The Morgan fingerprint density at radius 1 is 0.667 bits per heavy atom. The highest BCUT2D eigenvalue weighted by Gasteiger charge is 2.37. The Morgan fingerprint density at radius 3 is 1.64 bits per heavy atom. The summed E-state index contributed by atoms with van der Waals surface area (Å²) in [7, 11) is -4.54. The van der Waals surface area contributed by atoms with Crippen LogP contribution in [0, 0.1) is 0 Å². The molecular weight excluding hydrogens is 464 g/mol. The number of hydrogen-bond acceptors (Lipinski definition) is 3. The summed E-state index contributed by atoms with van der Waals surface area (Å²) in [6, 6.07) is 7.51. The summed E-state index contributed by atoms with van der Waals surface area (Å²) in [6.45, 7) is 11.5. The van der Waals surface area contributed by atoms with Gasteiger partial charge >= 0.3 is 17.1 Å². The van der Waals surface area contributed by atoms with Crippen molar-refractivity contribution in [3.63, 3.8) is 0 Å². The van der Waals surface area contributed by atoms with Crippen LogP contribution in [0.2, 0.25) is 31.2 Å². The van der Waals surface area contributed by atoms with Crippen LogP contribution in [0.1, 0.15) is 103 Å². The van der Waals surface area contributed by atoms with E-state index in [0.717, 1.165) is 18.8 Å². The fraction of sp³-hybridized carbons (Fsp3) is 0.778. The lowest BCUT2D eigenvalue weighted by atomic mass is 10.0. The van der Waals surface area contributed by atoms with Gasteiger partial charge in [-0.25, -0.2) is 0 Å². The quantitative estimate of drug-likeness (QED) is 0.120. The minimum absolute atomic E-state index is 0.679. The van der Waals surface area contributed by atoms with Gasteiger partial charge in [-0.1, -0.05) is 114 Å². The molecule has 0 N–H and O–H groups in total. The highest BCUT2D eigenvalue weighted by Crippen LogP contribution is 2.24. The molecule has 33 heavy (non-hydrogen) atoms. The van der Waals surface area contributed by atoms with Crippen LogP contribution < -0.4 is 4.43 Å². The molecule has 0 unspecified atom stereocenters. The molecule has 0 aliphatic rings. The van der Waals surface area contributed by atoms with Crippen molar-refractivity contribution in [2.75, 3.05) is 6.61 Å². The predicted octanol–water partition coefficient (Wildman–Crippen LogP) is 10.0. The van der Waals surface area contributed by atoms with Gasteiger partial charge in [-0.2, -0.15) is 0 Å². The molecule has 0 atom stereocenters. The average Bonchev–Trinajstić information content (AvgIpc) is 2.72. The molecule has 0 radical (unpaired) electrons. The Balaban J connectivity index is 1.99. The first kappa shape index (κ1) is 30.7. The van der Waals surface area contributed by atoms with E-state index in [-0.39, 0.29) is 0 Å². The topological polar surface area (TPSA) is 27.7 Å². The first-order valence-electron chi connectivity index (χ1n) is 13.5. The van der Waals surface area contributed by atoms with Gasteiger partial charge in [0.15, 0.2) is 0 Å². The maximum absolute atomic E-state index is 6.38. The Bertz CT molecular complexity index is 611. The molecule has 3 nitrogen and oxygen atoms in total. The van der Waals surface area contributed by atoms with Gasteiger partial charge in [0, 0.05) is 11.6 Å². The van der Waals surface area contributed by atoms with E-state index >= 15 is 0 Å². The molecule has 0 fully saturated rings. The van der Waals surface area contributed by atoms with E-state index in [0.29, 0.717) is 5.02 Å². The SMILES string of the molecule is CCCCCCCCCCCCCCCCCO[Si](C)(C)O[Si](C)(C)Oc1cccc(Cl)c1. The molecule has 1 aromatic carbocycles. The van der Waals surface area contributed by atoms with Crippen LogP contribution in [0.3, 0.4) is 0 Å². The molecule has 0 bridgehead atoms. The van der Waals surface area contributed by atoms with Gasteiger partial charge in [0.25, 0.3) is 0 Å². The third-order valence-electron chi connectivity index (χ3n) is 5.85. The summed E-state index contributed by atoms with van der Waals surface area (Å²) >= 11 is 6.07. The highest BCUT2D eigenvalue weighted by atomic mass is 35.5. The van der Waals surface area contributed by atoms with Crippen molar-refractivity contribution >= 4 is 28.7 Å².